The minimum atomic E-state index is -0.656. The van der Waals surface area contributed by atoms with Crippen molar-refractivity contribution in [3.63, 3.8) is 0 Å². The first kappa shape index (κ1) is 23.5. The summed E-state index contributed by atoms with van der Waals surface area (Å²) in [5.74, 6) is -0.0628. The van der Waals surface area contributed by atoms with Crippen molar-refractivity contribution >= 4 is 11.6 Å². The Labute approximate surface area is 182 Å². The second-order valence-corrected chi connectivity index (χ2v) is 7.81. The molecule has 1 aliphatic rings. The van der Waals surface area contributed by atoms with Gasteiger partial charge in [0.05, 0.1) is 24.7 Å². The average Bonchev–Trinajstić information content (AvgIpc) is 2.84. The summed E-state index contributed by atoms with van der Waals surface area (Å²) in [6, 6.07) is 7.18. The van der Waals surface area contributed by atoms with Gasteiger partial charge in [0, 0.05) is 38.4 Å². The fourth-order valence-electron chi connectivity index (χ4n) is 3.16. The van der Waals surface area contributed by atoms with Gasteiger partial charge in [-0.25, -0.2) is 0 Å². The van der Waals surface area contributed by atoms with Crippen molar-refractivity contribution in [1.29, 1.82) is 0 Å². The first-order valence-electron chi connectivity index (χ1n) is 8.98. The summed E-state index contributed by atoms with van der Waals surface area (Å²) in [6.45, 7) is 9.76. The van der Waals surface area contributed by atoms with Gasteiger partial charge >= 0.3 is 0 Å². The number of hydrogen-bond donors (Lipinski definition) is 2. The van der Waals surface area contributed by atoms with E-state index in [9.17, 15) is 15.0 Å². The zero-order chi connectivity index (χ0) is 18.6. The van der Waals surface area contributed by atoms with Gasteiger partial charge in [-0.2, -0.15) is 6.42 Å². The van der Waals surface area contributed by atoms with Crippen molar-refractivity contribution in [3.8, 4) is 0 Å². The van der Waals surface area contributed by atoms with Gasteiger partial charge < -0.3 is 22.0 Å². The molecule has 5 heteroatoms. The number of aliphatic hydroxyl groups excluding tert-OH is 2. The zero-order valence-corrected chi connectivity index (χ0v) is 18.9. The molecule has 0 bridgehead atoms. The summed E-state index contributed by atoms with van der Waals surface area (Å²) in [5, 5.41) is 20.6. The van der Waals surface area contributed by atoms with Crippen LogP contribution in [0.5, 0.6) is 0 Å². The molecular formula is C21H30NO3Y-. The fourth-order valence-corrected chi connectivity index (χ4v) is 3.16. The molecule has 26 heavy (non-hydrogen) atoms. The molecular weight excluding hydrogens is 403 g/mol. The van der Waals surface area contributed by atoms with Crippen LogP contribution in [0.1, 0.15) is 58.1 Å². The largest absolute Gasteiger partial charge is 0.390 e. The van der Waals surface area contributed by atoms with Gasteiger partial charge in [0.2, 0.25) is 5.91 Å². The van der Waals surface area contributed by atoms with E-state index < -0.39 is 12.2 Å². The molecule has 1 saturated heterocycles. The Bertz CT molecular complexity index is 607. The summed E-state index contributed by atoms with van der Waals surface area (Å²) in [6.07, 6.45) is 5.35. The SMILES string of the molecule is [CH2-]CC/C=C\CC1C(O)CC(=O)N1c1ccc(C(O)C(C)(C)C)cc1.[Y]. The Kier molecular flexibility index (Phi) is 9.15. The first-order chi connectivity index (χ1) is 11.8. The second kappa shape index (κ2) is 10.1. The van der Waals surface area contributed by atoms with E-state index in [2.05, 4.69) is 6.92 Å². The van der Waals surface area contributed by atoms with Crippen LogP contribution in [0.15, 0.2) is 36.4 Å². The summed E-state index contributed by atoms with van der Waals surface area (Å²) < 4.78 is 0. The van der Waals surface area contributed by atoms with Gasteiger partial charge in [0.1, 0.15) is 0 Å². The molecule has 0 saturated carbocycles. The molecule has 1 heterocycles. The summed E-state index contributed by atoms with van der Waals surface area (Å²) in [7, 11) is 0. The van der Waals surface area contributed by atoms with Crippen LogP contribution in [0.2, 0.25) is 0 Å². The van der Waals surface area contributed by atoms with Crippen LogP contribution in [0, 0.1) is 12.3 Å². The Morgan fingerprint density at radius 3 is 2.42 bits per heavy atom. The standard InChI is InChI=1S/C21H30NO3.Y/c1-5-6-7-8-9-17-18(23)14-19(24)22(17)16-12-10-15(11-13-16)20(25)21(2,3)4;/h7-8,10-13,17-18,20,23,25H,1,5-6,9,14H2,2-4H3;/q-1;/b8-7-;. The summed E-state index contributed by atoms with van der Waals surface area (Å²) in [5.41, 5.74) is 1.35. The fraction of sp³-hybridized carbons (Fsp3) is 0.524. The van der Waals surface area contributed by atoms with E-state index in [4.69, 9.17) is 0 Å². The number of benzene rings is 1. The van der Waals surface area contributed by atoms with Crippen LogP contribution < -0.4 is 4.90 Å². The first-order valence-corrected chi connectivity index (χ1v) is 8.98. The van der Waals surface area contributed by atoms with Gasteiger partial charge in [-0.05, 0) is 29.5 Å². The minimum Gasteiger partial charge on any atom is -0.390 e. The van der Waals surface area contributed by atoms with E-state index in [-0.39, 0.29) is 56.5 Å². The number of amides is 1. The van der Waals surface area contributed by atoms with Crippen molar-refractivity contribution < 1.29 is 47.7 Å². The van der Waals surface area contributed by atoms with Crippen molar-refractivity contribution in [2.45, 2.75) is 64.7 Å². The molecule has 1 aliphatic heterocycles. The average molecular weight is 433 g/mol. The van der Waals surface area contributed by atoms with Gasteiger partial charge in [-0.1, -0.05) is 51.5 Å². The number of rotatable bonds is 6. The molecule has 2 rings (SSSR count). The van der Waals surface area contributed by atoms with Crippen LogP contribution in [-0.2, 0) is 37.5 Å². The van der Waals surface area contributed by atoms with Crippen LogP contribution in [0.25, 0.3) is 0 Å². The van der Waals surface area contributed by atoms with E-state index in [1.54, 1.807) is 4.90 Å². The van der Waals surface area contributed by atoms with E-state index in [1.165, 1.54) is 0 Å². The monoisotopic (exact) mass is 433 g/mol. The Hall–Kier alpha value is -0.546. The Morgan fingerprint density at radius 2 is 1.88 bits per heavy atom. The smallest absolute Gasteiger partial charge is 0.230 e. The topological polar surface area (TPSA) is 60.8 Å². The van der Waals surface area contributed by atoms with E-state index in [0.29, 0.717) is 6.42 Å². The van der Waals surface area contributed by atoms with Gasteiger partial charge in [0.15, 0.2) is 0 Å². The minimum absolute atomic E-state index is 0. The maximum Gasteiger partial charge on any atom is 0.230 e. The second-order valence-electron chi connectivity index (χ2n) is 7.81. The molecule has 1 aromatic rings. The van der Waals surface area contributed by atoms with Crippen molar-refractivity contribution in [3.05, 3.63) is 48.9 Å². The Balaban J connectivity index is 0.00000338. The maximum absolute atomic E-state index is 12.3. The molecule has 1 radical (unpaired) electrons. The molecule has 141 valence electrons. The number of nitrogens with zero attached hydrogens (tertiary/aromatic N) is 1. The van der Waals surface area contributed by atoms with E-state index >= 15 is 0 Å². The van der Waals surface area contributed by atoms with Crippen molar-refractivity contribution in [1.82, 2.24) is 0 Å². The van der Waals surface area contributed by atoms with Crippen LogP contribution in [0.3, 0.4) is 0 Å². The molecule has 1 aromatic carbocycles. The number of carbonyl (C=O) groups is 1. The number of aliphatic hydroxyl groups is 2. The third-order valence-electron chi connectivity index (χ3n) is 4.65. The molecule has 2 N–H and O–H groups in total. The molecule has 3 unspecified atom stereocenters. The number of allylic oxidation sites excluding steroid dienone is 1. The number of anilines is 1. The van der Waals surface area contributed by atoms with Crippen LogP contribution in [0.4, 0.5) is 5.69 Å². The predicted molar refractivity (Wildman–Crippen MR) is 101 cm³/mol. The predicted octanol–water partition coefficient (Wildman–Crippen LogP) is 3.79. The number of unbranched alkanes of at least 4 members (excludes halogenated alkanes) is 1. The summed E-state index contributed by atoms with van der Waals surface area (Å²) >= 11 is 0. The number of carbonyl (C=O) groups excluding carboxylic acids is 1. The molecule has 3 atom stereocenters. The van der Waals surface area contributed by atoms with E-state index in [1.807, 2.05) is 57.2 Å². The third kappa shape index (κ3) is 5.72. The maximum atomic E-state index is 12.3. The molecule has 0 aliphatic carbocycles. The molecule has 1 fully saturated rings. The number of hydrogen-bond acceptors (Lipinski definition) is 3. The molecule has 0 aromatic heterocycles. The molecule has 4 nitrogen and oxygen atoms in total. The van der Waals surface area contributed by atoms with Gasteiger partial charge in [-0.15, -0.1) is 0 Å². The van der Waals surface area contributed by atoms with Crippen LogP contribution >= 0.6 is 0 Å². The normalized spacial score (nSPS) is 21.9. The quantitative estimate of drug-likeness (QED) is 0.530. The van der Waals surface area contributed by atoms with Gasteiger partial charge in [0.25, 0.3) is 0 Å². The Morgan fingerprint density at radius 1 is 1.27 bits per heavy atom. The van der Waals surface area contributed by atoms with Gasteiger partial charge in [-0.3, -0.25) is 4.79 Å². The summed E-state index contributed by atoms with van der Waals surface area (Å²) in [4.78, 5) is 14.0. The van der Waals surface area contributed by atoms with E-state index in [0.717, 1.165) is 24.1 Å². The molecule has 0 spiro atoms. The van der Waals surface area contributed by atoms with Crippen LogP contribution in [-0.4, -0.2) is 28.3 Å². The zero-order valence-electron chi connectivity index (χ0n) is 16.1. The third-order valence-corrected chi connectivity index (χ3v) is 4.65. The molecule has 1 amide bonds. The van der Waals surface area contributed by atoms with Crippen molar-refractivity contribution in [2.24, 2.45) is 5.41 Å². The van der Waals surface area contributed by atoms with Crippen molar-refractivity contribution in [2.75, 3.05) is 4.90 Å².